The zero-order valence-electron chi connectivity index (χ0n) is 10.4. The molecule has 2 fully saturated rings. The van der Waals surface area contributed by atoms with Crippen LogP contribution in [-0.4, -0.2) is 53.7 Å². The predicted octanol–water partition coefficient (Wildman–Crippen LogP) is 0.920. The van der Waals surface area contributed by atoms with Crippen molar-refractivity contribution in [1.29, 1.82) is 0 Å². The van der Waals surface area contributed by atoms with Crippen molar-refractivity contribution in [2.24, 2.45) is 5.92 Å². The molecule has 2 saturated heterocycles. The Kier molecular flexibility index (Phi) is 2.70. The van der Waals surface area contributed by atoms with Gasteiger partial charge in [-0.1, -0.05) is 6.07 Å². The van der Waals surface area contributed by atoms with Gasteiger partial charge in [0.05, 0.1) is 0 Å². The van der Waals surface area contributed by atoms with Crippen LogP contribution in [-0.2, 0) is 0 Å². The van der Waals surface area contributed by atoms with Crippen LogP contribution in [0.5, 0.6) is 0 Å². The number of hydrogen-bond donors (Lipinski definition) is 1. The quantitative estimate of drug-likeness (QED) is 0.842. The number of hydrogen-bond acceptors (Lipinski definition) is 4. The van der Waals surface area contributed by atoms with Gasteiger partial charge in [0.1, 0.15) is 5.82 Å². The van der Waals surface area contributed by atoms with Gasteiger partial charge in [-0.05, 0) is 31.5 Å². The van der Waals surface area contributed by atoms with Crippen molar-refractivity contribution >= 4 is 11.8 Å². The van der Waals surface area contributed by atoms with Gasteiger partial charge in [0.2, 0.25) is 0 Å². The molecule has 2 atom stereocenters. The average Bonchev–Trinajstić information content (AvgIpc) is 2.38. The molecule has 0 aromatic carbocycles. The number of pyridine rings is 1. The zero-order chi connectivity index (χ0) is 12.7. The molecule has 0 aliphatic carbocycles. The predicted molar refractivity (Wildman–Crippen MR) is 67.9 cm³/mol. The number of likely N-dealkylation sites (tertiary alicyclic amines) is 1. The summed E-state index contributed by atoms with van der Waals surface area (Å²) in [4.78, 5) is 19.7. The third-order valence-corrected chi connectivity index (χ3v) is 4.09. The first-order valence-electron chi connectivity index (χ1n) is 6.30. The molecule has 2 aliphatic heterocycles. The minimum absolute atomic E-state index is 0.122. The molecule has 0 saturated carbocycles. The maximum absolute atomic E-state index is 10.9. The highest BCUT2D eigenvalue weighted by Crippen LogP contribution is 2.32. The summed E-state index contributed by atoms with van der Waals surface area (Å²) in [5.74, 6) is 0.634. The van der Waals surface area contributed by atoms with E-state index in [-0.39, 0.29) is 5.69 Å². The SMILES string of the molecule is CN1CC2CCN(c3cccc(C(=O)O)n3)CC21. The van der Waals surface area contributed by atoms with Crippen LogP contribution in [0.15, 0.2) is 18.2 Å². The minimum Gasteiger partial charge on any atom is -0.477 e. The van der Waals surface area contributed by atoms with Gasteiger partial charge in [0, 0.05) is 25.7 Å². The van der Waals surface area contributed by atoms with Crippen molar-refractivity contribution in [2.45, 2.75) is 12.5 Å². The van der Waals surface area contributed by atoms with E-state index in [1.165, 1.54) is 19.0 Å². The topological polar surface area (TPSA) is 56.7 Å². The number of fused-ring (bicyclic) bond motifs is 1. The van der Waals surface area contributed by atoms with E-state index in [9.17, 15) is 4.79 Å². The van der Waals surface area contributed by atoms with Crippen LogP contribution >= 0.6 is 0 Å². The van der Waals surface area contributed by atoms with Crippen molar-refractivity contribution in [2.75, 3.05) is 31.6 Å². The van der Waals surface area contributed by atoms with Gasteiger partial charge >= 0.3 is 5.97 Å². The number of rotatable bonds is 2. The maximum atomic E-state index is 10.9. The van der Waals surface area contributed by atoms with Gasteiger partial charge in [-0.15, -0.1) is 0 Å². The molecule has 1 aromatic rings. The Morgan fingerprint density at radius 3 is 3.00 bits per heavy atom. The van der Waals surface area contributed by atoms with Crippen LogP contribution in [0, 0.1) is 5.92 Å². The number of nitrogens with zero attached hydrogens (tertiary/aromatic N) is 3. The van der Waals surface area contributed by atoms with Crippen LogP contribution in [0.25, 0.3) is 0 Å². The number of aromatic carboxylic acids is 1. The summed E-state index contributed by atoms with van der Waals surface area (Å²) in [7, 11) is 2.14. The van der Waals surface area contributed by atoms with Crippen LogP contribution in [0.3, 0.4) is 0 Å². The van der Waals surface area contributed by atoms with E-state index in [1.807, 2.05) is 6.07 Å². The second-order valence-electron chi connectivity index (χ2n) is 5.19. The fourth-order valence-corrected chi connectivity index (χ4v) is 2.99. The molecule has 0 amide bonds. The number of aromatic nitrogens is 1. The highest BCUT2D eigenvalue weighted by molar-refractivity contribution is 5.85. The van der Waals surface area contributed by atoms with Gasteiger partial charge in [-0.3, -0.25) is 0 Å². The molecule has 0 bridgehead atoms. The molecule has 0 spiro atoms. The Morgan fingerprint density at radius 1 is 1.44 bits per heavy atom. The second-order valence-corrected chi connectivity index (χ2v) is 5.19. The lowest BCUT2D eigenvalue weighted by atomic mass is 9.83. The molecular weight excluding hydrogens is 230 g/mol. The molecule has 1 N–H and O–H groups in total. The number of carboxylic acid groups (broad SMARTS) is 1. The van der Waals surface area contributed by atoms with E-state index in [0.29, 0.717) is 6.04 Å². The fourth-order valence-electron chi connectivity index (χ4n) is 2.99. The Morgan fingerprint density at radius 2 is 2.28 bits per heavy atom. The first-order valence-corrected chi connectivity index (χ1v) is 6.30. The van der Waals surface area contributed by atoms with Crippen molar-refractivity contribution in [1.82, 2.24) is 9.88 Å². The third kappa shape index (κ3) is 1.84. The normalized spacial score (nSPS) is 27.5. The summed E-state index contributed by atoms with van der Waals surface area (Å²) in [5.41, 5.74) is 0.122. The summed E-state index contributed by atoms with van der Waals surface area (Å²) < 4.78 is 0. The van der Waals surface area contributed by atoms with E-state index in [0.717, 1.165) is 24.8 Å². The largest absolute Gasteiger partial charge is 0.477 e. The number of carboxylic acids is 1. The second kappa shape index (κ2) is 4.24. The standard InChI is InChI=1S/C13H17N3O2/c1-15-7-9-5-6-16(8-11(9)15)12-4-2-3-10(14-12)13(17)18/h2-4,9,11H,5-8H2,1H3,(H,17,18). The van der Waals surface area contributed by atoms with Crippen molar-refractivity contribution in [3.8, 4) is 0 Å². The Bertz CT molecular complexity index is 477. The molecule has 18 heavy (non-hydrogen) atoms. The fraction of sp³-hybridized carbons (Fsp3) is 0.538. The Balaban J connectivity index is 1.78. The maximum Gasteiger partial charge on any atom is 0.354 e. The molecule has 0 radical (unpaired) electrons. The van der Waals surface area contributed by atoms with Gasteiger partial charge in [0.25, 0.3) is 0 Å². The first kappa shape index (κ1) is 11.5. The molecule has 96 valence electrons. The number of anilines is 1. The van der Waals surface area contributed by atoms with Gasteiger partial charge < -0.3 is 14.9 Å². The Hall–Kier alpha value is -1.62. The highest BCUT2D eigenvalue weighted by Gasteiger charge is 2.40. The van der Waals surface area contributed by atoms with E-state index in [4.69, 9.17) is 5.11 Å². The van der Waals surface area contributed by atoms with Crippen molar-refractivity contribution < 1.29 is 9.90 Å². The van der Waals surface area contributed by atoms with Gasteiger partial charge in [-0.2, -0.15) is 0 Å². The summed E-state index contributed by atoms with van der Waals surface area (Å²) in [6.45, 7) is 3.13. The number of likely N-dealkylation sites (N-methyl/N-ethyl adjacent to an activating group) is 1. The lowest BCUT2D eigenvalue weighted by Crippen LogP contribution is -2.62. The molecule has 2 unspecified atom stereocenters. The van der Waals surface area contributed by atoms with E-state index >= 15 is 0 Å². The van der Waals surface area contributed by atoms with E-state index in [2.05, 4.69) is 21.8 Å². The summed E-state index contributed by atoms with van der Waals surface area (Å²) in [6, 6.07) is 5.80. The molecule has 3 heterocycles. The average molecular weight is 247 g/mol. The third-order valence-electron chi connectivity index (χ3n) is 4.09. The van der Waals surface area contributed by atoms with Crippen LogP contribution in [0.4, 0.5) is 5.82 Å². The molecule has 1 aromatic heterocycles. The molecule has 3 rings (SSSR count). The first-order chi connectivity index (χ1) is 8.65. The van der Waals surface area contributed by atoms with Crippen LogP contribution in [0.1, 0.15) is 16.9 Å². The van der Waals surface area contributed by atoms with Gasteiger partial charge in [0.15, 0.2) is 5.69 Å². The molecule has 5 heteroatoms. The summed E-state index contributed by atoms with van der Waals surface area (Å²) in [5, 5.41) is 8.97. The highest BCUT2D eigenvalue weighted by atomic mass is 16.4. The van der Waals surface area contributed by atoms with E-state index < -0.39 is 5.97 Å². The Labute approximate surface area is 106 Å². The smallest absolute Gasteiger partial charge is 0.354 e. The lowest BCUT2D eigenvalue weighted by molar-refractivity contribution is 0.0278. The van der Waals surface area contributed by atoms with Gasteiger partial charge in [-0.25, -0.2) is 9.78 Å². The van der Waals surface area contributed by atoms with E-state index in [1.54, 1.807) is 6.07 Å². The molecule has 5 nitrogen and oxygen atoms in total. The van der Waals surface area contributed by atoms with Crippen LogP contribution < -0.4 is 4.90 Å². The number of piperidine rings is 1. The lowest BCUT2D eigenvalue weighted by Gasteiger charge is -2.52. The summed E-state index contributed by atoms with van der Waals surface area (Å²) >= 11 is 0. The van der Waals surface area contributed by atoms with Crippen molar-refractivity contribution in [3.63, 3.8) is 0 Å². The molecule has 2 aliphatic rings. The number of carbonyl (C=O) groups is 1. The monoisotopic (exact) mass is 247 g/mol. The van der Waals surface area contributed by atoms with Crippen molar-refractivity contribution in [3.05, 3.63) is 23.9 Å². The minimum atomic E-state index is -0.965. The summed E-state index contributed by atoms with van der Waals surface area (Å²) in [6.07, 6.45) is 1.17. The van der Waals surface area contributed by atoms with Crippen LogP contribution in [0.2, 0.25) is 0 Å². The zero-order valence-corrected chi connectivity index (χ0v) is 10.4. The molecular formula is C13H17N3O2.